The standard InChI is InChI=1S/C3H2N2O/c1-2-6-5-3-4-1/h2-3H. The van der Waals surface area contributed by atoms with Gasteiger partial charge in [-0.1, -0.05) is 5.16 Å². The van der Waals surface area contributed by atoms with Gasteiger partial charge >= 0.3 is 0 Å². The summed E-state index contributed by atoms with van der Waals surface area (Å²) in [5.41, 5.74) is 0. The van der Waals surface area contributed by atoms with Crippen LogP contribution >= 0.6 is 0 Å². The normalized spacial score (nSPS) is 14.7. The Hall–Kier alpha value is -1.08. The third-order valence-corrected chi connectivity index (χ3v) is 0.346. The van der Waals surface area contributed by atoms with Crippen molar-refractivity contribution >= 4 is 12.2 Å². The number of hydrogen-bond acceptors (Lipinski definition) is 3. The molecule has 3 nitrogen and oxygen atoms in total. The average molecular weight is 82.1 g/mol. The highest BCUT2D eigenvalue weighted by Gasteiger charge is 1.69. The third kappa shape index (κ3) is 0.445. The van der Waals surface area contributed by atoms with Crippen LogP contribution in [-0.2, 0) is 4.84 Å². The first kappa shape index (κ1) is 3.12. The Balaban J connectivity index is 2.78. The lowest BCUT2D eigenvalue weighted by Gasteiger charge is -1.81. The van der Waals surface area contributed by atoms with E-state index in [9.17, 15) is 0 Å². The maximum Gasteiger partial charge on any atom is 0.183 e. The molecule has 1 aliphatic rings. The summed E-state index contributed by atoms with van der Waals surface area (Å²) in [5, 5.41) is 3.27. The van der Waals surface area contributed by atoms with Crippen molar-refractivity contribution in [1.82, 2.24) is 0 Å². The maximum atomic E-state index is 4.31. The van der Waals surface area contributed by atoms with E-state index >= 15 is 0 Å². The summed E-state index contributed by atoms with van der Waals surface area (Å²) in [6.45, 7) is 0. The molecule has 0 fully saturated rings. The monoisotopic (exact) mass is 82.0 g/mol. The Kier molecular flexibility index (Phi) is 0.719. The molecule has 3 heteroatoms. The Labute approximate surface area is 34.6 Å². The van der Waals surface area contributed by atoms with Crippen molar-refractivity contribution in [2.45, 2.75) is 0 Å². The van der Waals surface area contributed by atoms with Crippen molar-refractivity contribution in [3.8, 4) is 0 Å². The van der Waals surface area contributed by atoms with E-state index in [4.69, 9.17) is 0 Å². The van der Waals surface area contributed by atoms with E-state index < -0.39 is 0 Å². The minimum absolute atomic E-state index is 1.28. The van der Waals surface area contributed by atoms with Gasteiger partial charge in [-0.2, -0.15) is 4.99 Å². The van der Waals surface area contributed by atoms with Crippen molar-refractivity contribution in [3.63, 3.8) is 0 Å². The zero-order chi connectivity index (χ0) is 4.24. The first-order valence-electron chi connectivity index (χ1n) is 1.45. The summed E-state index contributed by atoms with van der Waals surface area (Å²) < 4.78 is 0. The van der Waals surface area contributed by atoms with Crippen LogP contribution in [0.15, 0.2) is 16.4 Å². The van der Waals surface area contributed by atoms with Gasteiger partial charge < -0.3 is 4.84 Å². The summed E-state index contributed by atoms with van der Waals surface area (Å²) in [5.74, 6) is 2.41. The van der Waals surface area contributed by atoms with Gasteiger partial charge in [0.25, 0.3) is 0 Å². The first-order chi connectivity index (χ1) is 3.00. The van der Waals surface area contributed by atoms with E-state index in [1.165, 1.54) is 12.6 Å². The van der Waals surface area contributed by atoms with Crippen molar-refractivity contribution in [1.29, 1.82) is 0 Å². The van der Waals surface area contributed by atoms with Crippen molar-refractivity contribution < 1.29 is 4.84 Å². The highest BCUT2D eigenvalue weighted by molar-refractivity contribution is 5.69. The van der Waals surface area contributed by atoms with E-state index in [2.05, 4.69) is 20.9 Å². The predicted molar refractivity (Wildman–Crippen MR) is 21.6 cm³/mol. The van der Waals surface area contributed by atoms with Crippen LogP contribution in [0, 0.1) is 0 Å². The van der Waals surface area contributed by atoms with Gasteiger partial charge in [-0.05, 0) is 0 Å². The lowest BCUT2D eigenvalue weighted by molar-refractivity contribution is 0.272. The van der Waals surface area contributed by atoms with E-state index in [1.807, 2.05) is 0 Å². The Bertz CT molecular complexity index is 121. The molecular weight excluding hydrogens is 80.0 g/mol. The fraction of sp³-hybridized carbons (Fsp3) is 0. The molecule has 0 unspecified atom stereocenters. The van der Waals surface area contributed by atoms with Gasteiger partial charge in [-0.25, -0.2) is 0 Å². The molecule has 0 N–H and O–H groups in total. The molecule has 0 aliphatic carbocycles. The highest BCUT2D eigenvalue weighted by atomic mass is 16.6. The molecule has 0 saturated carbocycles. The molecule has 1 heterocycles. The molecule has 0 radical (unpaired) electrons. The summed E-state index contributed by atoms with van der Waals surface area (Å²) in [7, 11) is 0. The Morgan fingerprint density at radius 1 is 1.67 bits per heavy atom. The highest BCUT2D eigenvalue weighted by Crippen LogP contribution is 1.74. The number of hydrogen-bond donors (Lipinski definition) is 0. The second-order valence-electron chi connectivity index (χ2n) is 0.702. The number of oxime groups is 1. The van der Waals surface area contributed by atoms with E-state index in [1.54, 1.807) is 0 Å². The minimum atomic E-state index is 1.28. The molecule has 0 spiro atoms. The van der Waals surface area contributed by atoms with Crippen LogP contribution in [0.25, 0.3) is 0 Å². The lowest BCUT2D eigenvalue weighted by Crippen LogP contribution is -1.74. The van der Waals surface area contributed by atoms with E-state index in [0.29, 0.717) is 0 Å². The molecule has 1 rings (SSSR count). The molecule has 0 atom stereocenters. The van der Waals surface area contributed by atoms with Crippen molar-refractivity contribution in [3.05, 3.63) is 6.26 Å². The van der Waals surface area contributed by atoms with Crippen LogP contribution in [0.1, 0.15) is 0 Å². The topological polar surface area (TPSA) is 34.0 Å². The average Bonchev–Trinajstić information content (AvgIpc) is 1.72. The smallest absolute Gasteiger partial charge is 0.183 e. The molecule has 0 aromatic carbocycles. The SMILES string of the molecule is C1=CON=CN=1. The molecular formula is C3H2N2O. The van der Waals surface area contributed by atoms with Crippen molar-refractivity contribution in [2.75, 3.05) is 0 Å². The van der Waals surface area contributed by atoms with Gasteiger partial charge in [-0.15, -0.1) is 0 Å². The molecule has 6 heavy (non-hydrogen) atoms. The van der Waals surface area contributed by atoms with Crippen LogP contribution < -0.4 is 0 Å². The summed E-state index contributed by atoms with van der Waals surface area (Å²) in [6.07, 6.45) is 2.56. The quantitative estimate of drug-likeness (QED) is 0.409. The molecule has 1 aliphatic heterocycles. The molecule has 30 valence electrons. The van der Waals surface area contributed by atoms with Crippen molar-refractivity contribution in [2.24, 2.45) is 10.1 Å². The number of rotatable bonds is 0. The fourth-order valence-corrected chi connectivity index (χ4v) is 0.169. The molecule has 0 saturated heterocycles. The Morgan fingerprint density at radius 3 is 2.83 bits per heavy atom. The largest absolute Gasteiger partial charge is 0.353 e. The summed E-state index contributed by atoms with van der Waals surface area (Å²) in [6, 6.07) is 0. The van der Waals surface area contributed by atoms with Crippen LogP contribution in [0.4, 0.5) is 0 Å². The zero-order valence-electron chi connectivity index (χ0n) is 2.96. The van der Waals surface area contributed by atoms with Gasteiger partial charge in [0.1, 0.15) is 0 Å². The van der Waals surface area contributed by atoms with Crippen LogP contribution in [0.3, 0.4) is 0 Å². The second kappa shape index (κ2) is 1.38. The first-order valence-corrected chi connectivity index (χ1v) is 1.45. The van der Waals surface area contributed by atoms with Crippen LogP contribution in [-0.4, -0.2) is 12.2 Å². The maximum absolute atomic E-state index is 4.31. The van der Waals surface area contributed by atoms with Gasteiger partial charge in [0.05, 0.1) is 0 Å². The summed E-state index contributed by atoms with van der Waals surface area (Å²) >= 11 is 0. The van der Waals surface area contributed by atoms with E-state index in [-0.39, 0.29) is 0 Å². The number of aliphatic imine (C=N–C) groups is 1. The van der Waals surface area contributed by atoms with Crippen LogP contribution in [0.2, 0.25) is 0 Å². The van der Waals surface area contributed by atoms with Gasteiger partial charge in [0.15, 0.2) is 12.6 Å². The second-order valence-corrected chi connectivity index (χ2v) is 0.702. The number of nitrogens with zero attached hydrogens (tertiary/aromatic N) is 2. The van der Waals surface area contributed by atoms with E-state index in [0.717, 1.165) is 0 Å². The fourth-order valence-electron chi connectivity index (χ4n) is 0.169. The third-order valence-electron chi connectivity index (χ3n) is 0.346. The van der Waals surface area contributed by atoms with Gasteiger partial charge in [-0.3, -0.25) is 0 Å². The van der Waals surface area contributed by atoms with Crippen LogP contribution in [0.5, 0.6) is 0 Å². The minimum Gasteiger partial charge on any atom is -0.353 e. The molecule has 0 aromatic heterocycles. The van der Waals surface area contributed by atoms with Gasteiger partial charge in [0.2, 0.25) is 0 Å². The Morgan fingerprint density at radius 2 is 2.67 bits per heavy atom. The predicted octanol–water partition coefficient (Wildman–Crippen LogP) is 0.143. The van der Waals surface area contributed by atoms with Gasteiger partial charge in [0, 0.05) is 5.87 Å². The molecule has 0 bridgehead atoms. The molecule has 0 aromatic rings. The lowest BCUT2D eigenvalue weighted by atomic mass is 11.0. The zero-order valence-corrected chi connectivity index (χ0v) is 2.96. The molecule has 0 amide bonds. The summed E-state index contributed by atoms with van der Waals surface area (Å²) in [4.78, 5) is 7.76.